The van der Waals surface area contributed by atoms with Gasteiger partial charge >= 0.3 is 0 Å². The van der Waals surface area contributed by atoms with E-state index in [0.29, 0.717) is 0 Å². The maximum Gasteiger partial charge on any atom is 0.261 e. The van der Waals surface area contributed by atoms with Crippen LogP contribution in [0.1, 0.15) is 6.42 Å². The van der Waals surface area contributed by atoms with Gasteiger partial charge in [-0.05, 0) is 59.8 Å². The average Bonchev–Trinajstić information content (AvgIpc) is 2.29. The van der Waals surface area contributed by atoms with E-state index in [2.05, 4.69) is 38.0 Å². The van der Waals surface area contributed by atoms with E-state index in [4.69, 9.17) is 10.7 Å². The molecule has 0 N–H and O–H groups in total. The van der Waals surface area contributed by atoms with E-state index < -0.39 is 9.05 Å². The van der Waals surface area contributed by atoms with Crippen LogP contribution in [0.2, 0.25) is 0 Å². The lowest BCUT2D eigenvalue weighted by atomic mass is 10.4. The van der Waals surface area contributed by atoms with E-state index in [1.165, 1.54) is 31.6 Å². The second-order valence-electron chi connectivity index (χ2n) is 4.71. The molecule has 4 nitrogen and oxygen atoms in total. The lowest BCUT2D eigenvalue weighted by molar-refractivity contribution is 0.340. The minimum atomic E-state index is -3.53. The topological polar surface area (TPSA) is 40.6 Å². The molecule has 0 aliphatic rings. The van der Waals surface area contributed by atoms with Crippen LogP contribution < -0.4 is 0 Å². The van der Waals surface area contributed by atoms with Gasteiger partial charge in [0.1, 0.15) is 0 Å². The number of rotatable bonds is 5. The average molecular weight is 307 g/mol. The highest BCUT2D eigenvalue weighted by atomic mass is 35.7. The van der Waals surface area contributed by atoms with Gasteiger partial charge in [-0.1, -0.05) is 18.2 Å². The molecule has 1 aromatic carbocycles. The van der Waals surface area contributed by atoms with Crippen molar-refractivity contribution in [3.63, 3.8) is 0 Å². The van der Waals surface area contributed by atoms with E-state index in [1.807, 2.05) is 0 Å². The Morgan fingerprint density at radius 2 is 1.37 bits per heavy atom. The molecule has 0 saturated carbocycles. The van der Waals surface area contributed by atoms with Crippen LogP contribution in [0.4, 0.5) is 0 Å². The quantitative estimate of drug-likeness (QED) is 0.781. The zero-order valence-electron chi connectivity index (χ0n) is 12.0. The van der Waals surface area contributed by atoms with Gasteiger partial charge in [-0.15, -0.1) is 0 Å². The molecule has 1 rings (SSSR count). The summed E-state index contributed by atoms with van der Waals surface area (Å²) in [6.07, 6.45) is 1.26. The van der Waals surface area contributed by atoms with Crippen LogP contribution >= 0.6 is 10.7 Å². The third-order valence-corrected chi connectivity index (χ3v) is 3.61. The normalized spacial score (nSPS) is 11.3. The molecule has 0 bridgehead atoms. The molecule has 6 heteroatoms. The summed E-state index contributed by atoms with van der Waals surface area (Å²) in [7, 11) is 9.93. The first-order valence-electron chi connectivity index (χ1n) is 6.02. The van der Waals surface area contributed by atoms with Gasteiger partial charge in [0, 0.05) is 10.7 Å². The van der Waals surface area contributed by atoms with Crippen molar-refractivity contribution < 1.29 is 8.42 Å². The highest BCUT2D eigenvalue weighted by Crippen LogP contribution is 2.12. The van der Waals surface area contributed by atoms with Gasteiger partial charge < -0.3 is 9.80 Å². The zero-order valence-corrected chi connectivity index (χ0v) is 13.6. The van der Waals surface area contributed by atoms with Crippen LogP contribution in [-0.4, -0.2) is 59.5 Å². The lowest BCUT2D eigenvalue weighted by Crippen LogP contribution is -2.20. The maximum absolute atomic E-state index is 10.6. The predicted molar refractivity (Wildman–Crippen MR) is 81.2 cm³/mol. The SMILES string of the molecule is CN(C)CCCN(C)C.O=S(=O)(Cl)c1ccccc1. The molecule has 19 heavy (non-hydrogen) atoms. The second kappa shape index (κ2) is 9.31. The van der Waals surface area contributed by atoms with Gasteiger partial charge in [-0.3, -0.25) is 0 Å². The predicted octanol–water partition coefficient (Wildman–Crippen LogP) is 2.11. The highest BCUT2D eigenvalue weighted by Gasteiger charge is 2.06. The molecule has 110 valence electrons. The summed E-state index contributed by atoms with van der Waals surface area (Å²) in [4.78, 5) is 4.56. The third-order valence-electron chi connectivity index (χ3n) is 2.24. The van der Waals surface area contributed by atoms with Crippen molar-refractivity contribution >= 4 is 19.7 Å². The molecule has 0 amide bonds. The first kappa shape index (κ1) is 18.4. The van der Waals surface area contributed by atoms with E-state index in [0.717, 1.165) is 0 Å². The van der Waals surface area contributed by atoms with Crippen molar-refractivity contribution in [2.75, 3.05) is 41.3 Å². The lowest BCUT2D eigenvalue weighted by Gasteiger charge is -2.12. The fraction of sp³-hybridized carbons (Fsp3) is 0.538. The third kappa shape index (κ3) is 10.9. The Hall–Kier alpha value is -0.620. The number of hydrogen-bond acceptors (Lipinski definition) is 4. The molecule has 0 heterocycles. The van der Waals surface area contributed by atoms with Gasteiger partial charge in [-0.2, -0.15) is 0 Å². The molecule has 1 aromatic rings. The van der Waals surface area contributed by atoms with Crippen LogP contribution in [0.3, 0.4) is 0 Å². The minimum Gasteiger partial charge on any atom is -0.309 e. The Balaban J connectivity index is 0.000000344. The van der Waals surface area contributed by atoms with E-state index in [1.54, 1.807) is 18.2 Å². The summed E-state index contributed by atoms with van der Waals surface area (Å²) in [5, 5.41) is 0. The number of halogens is 1. The molecule has 0 aromatic heterocycles. The van der Waals surface area contributed by atoms with Crippen molar-refractivity contribution in [2.24, 2.45) is 0 Å². The molecule has 0 spiro atoms. The fourth-order valence-corrected chi connectivity index (χ4v) is 2.08. The molecule has 0 unspecified atom stereocenters. The zero-order chi connectivity index (χ0) is 14.9. The molecule has 0 fully saturated rings. The molecule has 0 aliphatic heterocycles. The Morgan fingerprint density at radius 3 is 1.63 bits per heavy atom. The summed E-state index contributed by atoms with van der Waals surface area (Å²) in [5.41, 5.74) is 0. The van der Waals surface area contributed by atoms with Crippen LogP contribution in [0.25, 0.3) is 0 Å². The van der Waals surface area contributed by atoms with Gasteiger partial charge in [0.2, 0.25) is 0 Å². The van der Waals surface area contributed by atoms with Crippen molar-refractivity contribution in [1.29, 1.82) is 0 Å². The van der Waals surface area contributed by atoms with Gasteiger partial charge in [0.25, 0.3) is 9.05 Å². The maximum atomic E-state index is 10.6. The molecular weight excluding hydrogens is 284 g/mol. The Bertz CT molecular complexity index is 425. The van der Waals surface area contributed by atoms with Crippen molar-refractivity contribution in [1.82, 2.24) is 9.80 Å². The van der Waals surface area contributed by atoms with Crippen molar-refractivity contribution in [3.05, 3.63) is 30.3 Å². The molecular formula is C13H23ClN2O2S. The molecule has 0 saturated heterocycles. The number of hydrogen-bond donors (Lipinski definition) is 0. The van der Waals surface area contributed by atoms with Gasteiger partial charge in [0.05, 0.1) is 4.90 Å². The molecule has 0 aliphatic carbocycles. The Kier molecular flexibility index (Phi) is 9.01. The van der Waals surface area contributed by atoms with Crippen LogP contribution in [0.5, 0.6) is 0 Å². The minimum absolute atomic E-state index is 0.136. The van der Waals surface area contributed by atoms with Crippen LogP contribution in [0, 0.1) is 0 Å². The van der Waals surface area contributed by atoms with Gasteiger partial charge in [0.15, 0.2) is 0 Å². The summed E-state index contributed by atoms with van der Waals surface area (Å²) in [6, 6.07) is 7.86. The summed E-state index contributed by atoms with van der Waals surface area (Å²) >= 11 is 0. The molecule has 0 radical (unpaired) electrons. The summed E-state index contributed by atoms with van der Waals surface area (Å²) in [5.74, 6) is 0. The first-order valence-corrected chi connectivity index (χ1v) is 8.33. The van der Waals surface area contributed by atoms with Crippen LogP contribution in [-0.2, 0) is 9.05 Å². The monoisotopic (exact) mass is 306 g/mol. The van der Waals surface area contributed by atoms with Crippen molar-refractivity contribution in [3.8, 4) is 0 Å². The second-order valence-corrected chi connectivity index (χ2v) is 7.28. The highest BCUT2D eigenvalue weighted by molar-refractivity contribution is 8.13. The standard InChI is InChI=1S/C7H18N2.C6H5ClO2S/c1-8(2)6-5-7-9(3)4;7-10(8,9)6-4-2-1-3-5-6/h5-7H2,1-4H3;1-5H. The Labute approximate surface area is 121 Å². The van der Waals surface area contributed by atoms with E-state index in [-0.39, 0.29) is 4.90 Å². The molecule has 0 atom stereocenters. The smallest absolute Gasteiger partial charge is 0.261 e. The van der Waals surface area contributed by atoms with E-state index in [9.17, 15) is 8.42 Å². The van der Waals surface area contributed by atoms with E-state index >= 15 is 0 Å². The van der Waals surface area contributed by atoms with Crippen LogP contribution in [0.15, 0.2) is 35.2 Å². The van der Waals surface area contributed by atoms with Crippen molar-refractivity contribution in [2.45, 2.75) is 11.3 Å². The fourth-order valence-electron chi connectivity index (χ4n) is 1.29. The first-order chi connectivity index (χ1) is 8.73. The van der Waals surface area contributed by atoms with Gasteiger partial charge in [-0.25, -0.2) is 8.42 Å². The number of benzene rings is 1. The number of nitrogens with zero attached hydrogens (tertiary/aromatic N) is 2. The Morgan fingerprint density at radius 1 is 0.947 bits per heavy atom. The summed E-state index contributed by atoms with van der Waals surface area (Å²) in [6.45, 7) is 2.39. The summed E-state index contributed by atoms with van der Waals surface area (Å²) < 4.78 is 21.2. The largest absolute Gasteiger partial charge is 0.309 e.